The van der Waals surface area contributed by atoms with Crippen LogP contribution in [0.2, 0.25) is 0 Å². The summed E-state index contributed by atoms with van der Waals surface area (Å²) in [5.41, 5.74) is 0. The maximum absolute atomic E-state index is 12.7. The number of rotatable bonds is 55. The second kappa shape index (κ2) is 52.9. The standard InChI is InChI=1S/C49H96NO17P/c1-4-6-8-10-12-14-16-18-20-22-24-26-47(51)64-44-46(67-48(52)27-25-23-21-19-17-15-13-11-9-7-5-2)45-66-68(54,55)65-29-28-50-49(53)63-43-42-62-41-40-61-39-38-60-37-36-59-35-34-58-33-32-57-31-30-56-3/h46H,4-45H2,1-3H3,(H,50,53)(H,54,55)/t46-/m1/s1. The van der Waals surface area contributed by atoms with E-state index in [9.17, 15) is 23.8 Å². The topological polar surface area (TPSA) is 211 Å². The van der Waals surface area contributed by atoms with Crippen LogP contribution in [-0.2, 0) is 70.6 Å². The molecule has 0 rings (SSSR count). The van der Waals surface area contributed by atoms with Gasteiger partial charge in [-0.05, 0) is 12.8 Å². The molecule has 0 aliphatic carbocycles. The Kier molecular flexibility index (Phi) is 51.3. The van der Waals surface area contributed by atoms with Gasteiger partial charge in [0.1, 0.15) is 13.2 Å². The SMILES string of the molecule is CCCCCCCCCCCCCC(=O)OC[C@H](COP(=O)(O)OCCNC(=O)OCCOCCOCCOCCOCCOCCOCCOC)OC(=O)CCCCCCCCCCCCC. The summed E-state index contributed by atoms with van der Waals surface area (Å²) >= 11 is 0. The molecule has 0 aliphatic rings. The van der Waals surface area contributed by atoms with Crippen LogP contribution in [0.1, 0.15) is 168 Å². The van der Waals surface area contributed by atoms with Gasteiger partial charge in [-0.2, -0.15) is 0 Å². The number of nitrogens with one attached hydrogen (secondary N) is 1. The number of phosphoric ester groups is 1. The number of carbonyl (C=O) groups is 3. The van der Waals surface area contributed by atoms with Crippen molar-refractivity contribution >= 4 is 25.9 Å². The normalized spacial score (nSPS) is 12.8. The Labute approximate surface area is 410 Å². The number of alkyl carbamates (subject to hydrolysis) is 1. The third-order valence-corrected chi connectivity index (χ3v) is 11.5. The lowest BCUT2D eigenvalue weighted by Crippen LogP contribution is -2.30. The predicted molar refractivity (Wildman–Crippen MR) is 261 cm³/mol. The first-order chi connectivity index (χ1) is 33.2. The third-order valence-electron chi connectivity index (χ3n) is 10.5. The van der Waals surface area contributed by atoms with Crippen LogP contribution >= 0.6 is 7.82 Å². The van der Waals surface area contributed by atoms with Crippen molar-refractivity contribution in [1.82, 2.24) is 5.32 Å². The van der Waals surface area contributed by atoms with Gasteiger partial charge in [0.05, 0.1) is 99.1 Å². The first-order valence-electron chi connectivity index (χ1n) is 26.1. The van der Waals surface area contributed by atoms with E-state index in [1.54, 1.807) is 7.11 Å². The van der Waals surface area contributed by atoms with Crippen molar-refractivity contribution in [2.45, 2.75) is 174 Å². The smallest absolute Gasteiger partial charge is 0.462 e. The zero-order valence-corrected chi connectivity index (χ0v) is 43.6. The Morgan fingerprint density at radius 3 is 1.22 bits per heavy atom. The maximum Gasteiger partial charge on any atom is 0.472 e. The van der Waals surface area contributed by atoms with Gasteiger partial charge < -0.3 is 57.6 Å². The summed E-state index contributed by atoms with van der Waals surface area (Å²) in [5, 5.41) is 2.41. The molecule has 0 saturated heterocycles. The molecule has 0 bridgehead atoms. The molecule has 0 aliphatic heterocycles. The minimum absolute atomic E-state index is 0.0200. The maximum atomic E-state index is 12.7. The lowest BCUT2D eigenvalue weighted by Gasteiger charge is -2.20. The van der Waals surface area contributed by atoms with Crippen LogP contribution in [0.15, 0.2) is 0 Å². The Morgan fingerprint density at radius 2 is 0.809 bits per heavy atom. The first-order valence-corrected chi connectivity index (χ1v) is 27.6. The highest BCUT2D eigenvalue weighted by Gasteiger charge is 2.26. The Morgan fingerprint density at radius 1 is 0.441 bits per heavy atom. The number of unbranched alkanes of at least 4 members (excludes halogenated alkanes) is 20. The lowest BCUT2D eigenvalue weighted by molar-refractivity contribution is -0.161. The summed E-state index contributed by atoms with van der Waals surface area (Å²) in [4.78, 5) is 47.6. The summed E-state index contributed by atoms with van der Waals surface area (Å²) in [6, 6.07) is 0. The molecule has 0 aromatic heterocycles. The largest absolute Gasteiger partial charge is 0.472 e. The summed E-state index contributed by atoms with van der Waals surface area (Å²) < 4.78 is 76.1. The number of amides is 1. The van der Waals surface area contributed by atoms with Gasteiger partial charge in [0.25, 0.3) is 0 Å². The van der Waals surface area contributed by atoms with Crippen LogP contribution in [0.25, 0.3) is 0 Å². The van der Waals surface area contributed by atoms with E-state index in [0.29, 0.717) is 92.1 Å². The number of hydrogen-bond acceptors (Lipinski definition) is 16. The van der Waals surface area contributed by atoms with Crippen molar-refractivity contribution in [1.29, 1.82) is 0 Å². The van der Waals surface area contributed by atoms with E-state index >= 15 is 0 Å². The van der Waals surface area contributed by atoms with Crippen LogP contribution in [0.5, 0.6) is 0 Å². The average Bonchev–Trinajstić information content (AvgIpc) is 3.32. The summed E-state index contributed by atoms with van der Waals surface area (Å²) in [6.07, 6.45) is 23.9. The predicted octanol–water partition coefficient (Wildman–Crippen LogP) is 9.45. The van der Waals surface area contributed by atoms with E-state index in [-0.39, 0.29) is 45.8 Å². The van der Waals surface area contributed by atoms with Gasteiger partial charge in [-0.15, -0.1) is 0 Å². The van der Waals surface area contributed by atoms with E-state index in [0.717, 1.165) is 38.5 Å². The van der Waals surface area contributed by atoms with Crippen molar-refractivity contribution in [3.8, 4) is 0 Å². The van der Waals surface area contributed by atoms with E-state index in [4.69, 9.17) is 56.4 Å². The molecule has 0 aromatic carbocycles. The van der Waals surface area contributed by atoms with Crippen molar-refractivity contribution in [2.75, 3.05) is 126 Å². The van der Waals surface area contributed by atoms with Gasteiger partial charge in [-0.1, -0.05) is 142 Å². The van der Waals surface area contributed by atoms with Crippen molar-refractivity contribution in [3.05, 3.63) is 0 Å². The third kappa shape index (κ3) is 51.9. The minimum Gasteiger partial charge on any atom is -0.462 e. The molecular weight excluding hydrogens is 906 g/mol. The molecular formula is C49H96NO17P. The van der Waals surface area contributed by atoms with Crippen molar-refractivity contribution in [2.24, 2.45) is 0 Å². The van der Waals surface area contributed by atoms with E-state index in [1.165, 1.54) is 89.9 Å². The van der Waals surface area contributed by atoms with Gasteiger partial charge in [-0.3, -0.25) is 18.6 Å². The number of phosphoric acid groups is 1. The zero-order valence-electron chi connectivity index (χ0n) is 42.7. The fourth-order valence-electron chi connectivity index (χ4n) is 6.60. The van der Waals surface area contributed by atoms with E-state index < -0.39 is 38.6 Å². The Hall–Kier alpha value is -1.96. The summed E-state index contributed by atoms with van der Waals surface area (Å²) in [5.74, 6) is -0.930. The second-order valence-corrected chi connectivity index (χ2v) is 18.1. The molecule has 0 radical (unpaired) electrons. The number of ether oxygens (including phenoxy) is 10. The fraction of sp³-hybridized carbons (Fsp3) is 0.939. The quantitative estimate of drug-likeness (QED) is 0.0251. The number of esters is 2. The van der Waals surface area contributed by atoms with Crippen LogP contribution in [0.3, 0.4) is 0 Å². The number of hydrogen-bond donors (Lipinski definition) is 2. The highest BCUT2D eigenvalue weighted by atomic mass is 31.2. The number of methoxy groups -OCH3 is 1. The molecule has 0 aromatic rings. The monoisotopic (exact) mass is 1000 g/mol. The summed E-state index contributed by atoms with van der Waals surface area (Å²) in [6.45, 7) is 8.64. The van der Waals surface area contributed by atoms with Crippen molar-refractivity contribution < 1.29 is 80.3 Å². The van der Waals surface area contributed by atoms with E-state index in [1.807, 2.05) is 0 Å². The number of carbonyl (C=O) groups excluding carboxylic acids is 3. The molecule has 0 saturated carbocycles. The molecule has 1 amide bonds. The van der Waals surface area contributed by atoms with Crippen LogP contribution < -0.4 is 5.32 Å². The van der Waals surface area contributed by atoms with Gasteiger partial charge in [-0.25, -0.2) is 9.36 Å². The molecule has 0 spiro atoms. The van der Waals surface area contributed by atoms with Gasteiger partial charge in [0.2, 0.25) is 0 Å². The average molecular weight is 1000 g/mol. The molecule has 404 valence electrons. The molecule has 19 heteroatoms. The highest BCUT2D eigenvalue weighted by molar-refractivity contribution is 7.47. The molecule has 0 heterocycles. The van der Waals surface area contributed by atoms with E-state index in [2.05, 4.69) is 19.2 Å². The van der Waals surface area contributed by atoms with Crippen LogP contribution in [0, 0.1) is 0 Å². The molecule has 68 heavy (non-hydrogen) atoms. The molecule has 0 fully saturated rings. The Bertz CT molecular complexity index is 1160. The van der Waals surface area contributed by atoms with Crippen molar-refractivity contribution in [3.63, 3.8) is 0 Å². The highest BCUT2D eigenvalue weighted by Crippen LogP contribution is 2.43. The minimum atomic E-state index is -4.62. The molecule has 1 unspecified atom stereocenters. The lowest BCUT2D eigenvalue weighted by atomic mass is 10.1. The Balaban J connectivity index is 4.27. The molecule has 18 nitrogen and oxygen atoms in total. The van der Waals surface area contributed by atoms with Crippen LogP contribution in [0.4, 0.5) is 4.79 Å². The van der Waals surface area contributed by atoms with Gasteiger partial charge in [0, 0.05) is 26.5 Å². The zero-order chi connectivity index (χ0) is 49.7. The molecule has 2 N–H and O–H groups in total. The van der Waals surface area contributed by atoms with Gasteiger partial charge >= 0.3 is 25.9 Å². The summed E-state index contributed by atoms with van der Waals surface area (Å²) in [7, 11) is -3.00. The fourth-order valence-corrected chi connectivity index (χ4v) is 7.35. The first kappa shape index (κ1) is 66.0. The van der Waals surface area contributed by atoms with Gasteiger partial charge in [0.15, 0.2) is 6.10 Å². The molecule has 2 atom stereocenters. The second-order valence-electron chi connectivity index (χ2n) is 16.7. The van der Waals surface area contributed by atoms with Crippen LogP contribution in [-0.4, -0.2) is 155 Å².